The van der Waals surface area contributed by atoms with E-state index < -0.39 is 0 Å². The molecule has 23 heavy (non-hydrogen) atoms. The summed E-state index contributed by atoms with van der Waals surface area (Å²) in [5, 5.41) is 3.91. The fraction of sp³-hybridized carbons (Fsp3) is 0.353. The van der Waals surface area contributed by atoms with Crippen molar-refractivity contribution in [1.29, 1.82) is 0 Å². The maximum atomic E-state index is 12.5. The number of piperidine rings is 1. The van der Waals surface area contributed by atoms with E-state index in [0.717, 1.165) is 37.2 Å². The number of anilines is 2. The molecule has 0 unspecified atom stereocenters. The largest absolute Gasteiger partial charge is 0.340 e. The van der Waals surface area contributed by atoms with Crippen LogP contribution in [0.4, 0.5) is 11.5 Å². The molecule has 0 saturated carbocycles. The summed E-state index contributed by atoms with van der Waals surface area (Å²) < 4.78 is 0. The van der Waals surface area contributed by atoms with Crippen molar-refractivity contribution in [2.24, 2.45) is 0 Å². The first kappa shape index (κ1) is 15.7. The van der Waals surface area contributed by atoms with Crippen molar-refractivity contribution in [1.82, 2.24) is 14.9 Å². The molecule has 1 amide bonds. The van der Waals surface area contributed by atoms with Gasteiger partial charge in [0.25, 0.3) is 5.91 Å². The Balaban J connectivity index is 1.78. The van der Waals surface area contributed by atoms with Gasteiger partial charge in [0.15, 0.2) is 0 Å². The summed E-state index contributed by atoms with van der Waals surface area (Å²) in [6, 6.07) is 7.29. The number of hydrogen-bond donors (Lipinski definition) is 1. The van der Waals surface area contributed by atoms with Crippen molar-refractivity contribution in [3.8, 4) is 0 Å². The Labute approximate surface area is 140 Å². The number of likely N-dealkylation sites (tertiary alicyclic amines) is 1. The van der Waals surface area contributed by atoms with Gasteiger partial charge in [-0.05, 0) is 49.9 Å². The lowest BCUT2D eigenvalue weighted by molar-refractivity contribution is 0.0718. The second-order valence-electron chi connectivity index (χ2n) is 5.73. The van der Waals surface area contributed by atoms with Crippen molar-refractivity contribution in [2.45, 2.75) is 26.2 Å². The Morgan fingerprint density at radius 3 is 2.70 bits per heavy atom. The van der Waals surface area contributed by atoms with Gasteiger partial charge in [-0.2, -0.15) is 0 Å². The number of carbonyl (C=O) groups is 1. The Hall–Kier alpha value is -2.14. The van der Waals surface area contributed by atoms with E-state index in [-0.39, 0.29) is 5.91 Å². The molecule has 1 aliphatic rings. The van der Waals surface area contributed by atoms with Gasteiger partial charge in [-0.1, -0.05) is 11.6 Å². The quantitative estimate of drug-likeness (QED) is 0.929. The second-order valence-corrected chi connectivity index (χ2v) is 6.16. The summed E-state index contributed by atoms with van der Waals surface area (Å²) in [5.41, 5.74) is 2.35. The van der Waals surface area contributed by atoms with Crippen LogP contribution in [0.5, 0.6) is 0 Å². The highest BCUT2D eigenvalue weighted by Crippen LogP contribution is 2.23. The van der Waals surface area contributed by atoms with E-state index in [9.17, 15) is 4.79 Å². The number of benzene rings is 1. The van der Waals surface area contributed by atoms with Crippen LogP contribution in [0.2, 0.25) is 5.02 Å². The summed E-state index contributed by atoms with van der Waals surface area (Å²) in [7, 11) is 0. The lowest BCUT2D eigenvalue weighted by atomic mass is 10.1. The summed E-state index contributed by atoms with van der Waals surface area (Å²) in [4.78, 5) is 22.7. The number of amides is 1. The monoisotopic (exact) mass is 330 g/mol. The van der Waals surface area contributed by atoms with Gasteiger partial charge in [-0.15, -0.1) is 0 Å². The zero-order valence-electron chi connectivity index (χ0n) is 13.1. The van der Waals surface area contributed by atoms with Gasteiger partial charge < -0.3 is 10.2 Å². The van der Waals surface area contributed by atoms with Gasteiger partial charge in [0.2, 0.25) is 0 Å². The Morgan fingerprint density at radius 2 is 1.96 bits per heavy atom. The minimum Gasteiger partial charge on any atom is -0.340 e. The number of halogens is 1. The fourth-order valence-corrected chi connectivity index (χ4v) is 2.93. The SMILES string of the molecule is Cc1cc(Cl)ccc1Nc1cc(C(=O)N2CCCCC2)ncn1. The number of nitrogens with zero attached hydrogens (tertiary/aromatic N) is 3. The average molecular weight is 331 g/mol. The molecule has 2 aromatic rings. The molecule has 0 radical (unpaired) electrons. The maximum Gasteiger partial charge on any atom is 0.272 e. The van der Waals surface area contributed by atoms with Crippen molar-refractivity contribution in [3.05, 3.63) is 46.9 Å². The summed E-state index contributed by atoms with van der Waals surface area (Å²) in [6.45, 7) is 3.58. The average Bonchev–Trinajstić information content (AvgIpc) is 2.58. The molecular formula is C17H19ClN4O. The zero-order valence-corrected chi connectivity index (χ0v) is 13.8. The van der Waals surface area contributed by atoms with Gasteiger partial charge in [-0.25, -0.2) is 9.97 Å². The van der Waals surface area contributed by atoms with Crippen LogP contribution >= 0.6 is 11.6 Å². The molecule has 1 saturated heterocycles. The first-order valence-electron chi connectivity index (χ1n) is 7.78. The van der Waals surface area contributed by atoms with Crippen LogP contribution < -0.4 is 5.32 Å². The Morgan fingerprint density at radius 1 is 1.17 bits per heavy atom. The molecule has 0 bridgehead atoms. The maximum absolute atomic E-state index is 12.5. The predicted molar refractivity (Wildman–Crippen MR) is 91.3 cm³/mol. The third-order valence-corrected chi connectivity index (χ3v) is 4.22. The summed E-state index contributed by atoms with van der Waals surface area (Å²) in [5.74, 6) is 0.578. The van der Waals surface area contributed by atoms with Gasteiger partial charge in [0.05, 0.1) is 0 Å². The van der Waals surface area contributed by atoms with Gasteiger partial charge in [0.1, 0.15) is 17.8 Å². The van der Waals surface area contributed by atoms with E-state index >= 15 is 0 Å². The smallest absolute Gasteiger partial charge is 0.272 e. The molecule has 2 heterocycles. The number of nitrogens with one attached hydrogen (secondary N) is 1. The molecule has 6 heteroatoms. The molecule has 1 aliphatic heterocycles. The van der Waals surface area contributed by atoms with Gasteiger partial charge in [-0.3, -0.25) is 4.79 Å². The molecule has 0 atom stereocenters. The third-order valence-electron chi connectivity index (χ3n) is 3.98. The molecule has 1 fully saturated rings. The Kier molecular flexibility index (Phi) is 4.76. The lowest BCUT2D eigenvalue weighted by Gasteiger charge is -2.26. The van der Waals surface area contributed by atoms with Crippen molar-refractivity contribution in [3.63, 3.8) is 0 Å². The van der Waals surface area contributed by atoms with Crippen molar-refractivity contribution >= 4 is 29.0 Å². The van der Waals surface area contributed by atoms with E-state index in [2.05, 4.69) is 15.3 Å². The zero-order chi connectivity index (χ0) is 16.2. The van der Waals surface area contributed by atoms with Gasteiger partial charge in [0, 0.05) is 29.9 Å². The van der Waals surface area contributed by atoms with E-state index in [1.54, 1.807) is 6.07 Å². The van der Waals surface area contributed by atoms with Crippen molar-refractivity contribution in [2.75, 3.05) is 18.4 Å². The molecule has 1 N–H and O–H groups in total. The van der Waals surface area contributed by atoms with Gasteiger partial charge >= 0.3 is 0 Å². The second kappa shape index (κ2) is 6.96. The highest BCUT2D eigenvalue weighted by Gasteiger charge is 2.19. The molecule has 1 aromatic carbocycles. The standard InChI is InChI=1S/C17H19ClN4O/c1-12-9-13(18)5-6-14(12)21-16-10-15(19-11-20-16)17(23)22-7-3-2-4-8-22/h5-6,9-11H,2-4,7-8H2,1H3,(H,19,20,21). The summed E-state index contributed by atoms with van der Waals surface area (Å²) >= 11 is 5.97. The minimum absolute atomic E-state index is 0.0250. The highest BCUT2D eigenvalue weighted by molar-refractivity contribution is 6.30. The van der Waals surface area contributed by atoms with E-state index in [1.807, 2.05) is 30.0 Å². The number of hydrogen-bond acceptors (Lipinski definition) is 4. The number of carbonyl (C=O) groups excluding carboxylic acids is 1. The molecule has 0 spiro atoms. The lowest BCUT2D eigenvalue weighted by Crippen LogP contribution is -2.36. The third kappa shape index (κ3) is 3.79. The molecule has 0 aliphatic carbocycles. The van der Waals surface area contributed by atoms with Crippen LogP contribution in [0.3, 0.4) is 0 Å². The first-order valence-corrected chi connectivity index (χ1v) is 8.16. The highest BCUT2D eigenvalue weighted by atomic mass is 35.5. The van der Waals surface area contributed by atoms with Crippen LogP contribution in [-0.2, 0) is 0 Å². The van der Waals surface area contributed by atoms with E-state index in [0.29, 0.717) is 16.5 Å². The molecule has 5 nitrogen and oxygen atoms in total. The molecule has 120 valence electrons. The number of aromatic nitrogens is 2. The first-order chi connectivity index (χ1) is 11.1. The Bertz CT molecular complexity index is 713. The minimum atomic E-state index is -0.0250. The topological polar surface area (TPSA) is 58.1 Å². The summed E-state index contributed by atoms with van der Waals surface area (Å²) in [6.07, 6.45) is 4.73. The van der Waals surface area contributed by atoms with Crippen molar-refractivity contribution < 1.29 is 4.79 Å². The molecular weight excluding hydrogens is 312 g/mol. The fourth-order valence-electron chi connectivity index (χ4n) is 2.71. The molecule has 1 aromatic heterocycles. The van der Waals surface area contributed by atoms with E-state index in [4.69, 9.17) is 11.6 Å². The van der Waals surface area contributed by atoms with E-state index in [1.165, 1.54) is 12.7 Å². The number of rotatable bonds is 3. The molecule has 3 rings (SSSR count). The van der Waals surface area contributed by atoms with Crippen LogP contribution in [0, 0.1) is 6.92 Å². The van der Waals surface area contributed by atoms with Crippen LogP contribution in [-0.4, -0.2) is 33.9 Å². The predicted octanol–water partition coefficient (Wildman–Crippen LogP) is 3.81. The van der Waals surface area contributed by atoms with Crippen LogP contribution in [0.15, 0.2) is 30.6 Å². The normalized spacial score (nSPS) is 14.6. The number of aryl methyl sites for hydroxylation is 1. The van der Waals surface area contributed by atoms with Crippen LogP contribution in [0.25, 0.3) is 0 Å². The van der Waals surface area contributed by atoms with Crippen LogP contribution in [0.1, 0.15) is 35.3 Å².